The van der Waals surface area contributed by atoms with Gasteiger partial charge in [0.25, 0.3) is 5.91 Å². The fraction of sp³-hybridized carbons (Fsp3) is 0.421. The van der Waals surface area contributed by atoms with Gasteiger partial charge in [-0.15, -0.1) is 0 Å². The molecule has 1 aromatic heterocycles. The van der Waals surface area contributed by atoms with Crippen molar-refractivity contribution in [2.75, 3.05) is 25.5 Å². The Morgan fingerprint density at radius 1 is 1.31 bits per heavy atom. The van der Waals surface area contributed by atoms with Crippen molar-refractivity contribution < 1.29 is 14.3 Å². The van der Waals surface area contributed by atoms with Crippen molar-refractivity contribution in [3.05, 3.63) is 42.2 Å². The largest absolute Gasteiger partial charge is 0.372 e. The molecule has 0 bridgehead atoms. The zero-order valence-electron chi connectivity index (χ0n) is 15.1. The predicted molar refractivity (Wildman–Crippen MR) is 98.2 cm³/mol. The summed E-state index contributed by atoms with van der Waals surface area (Å²) in [6.45, 7) is 2.50. The first-order valence-corrected chi connectivity index (χ1v) is 8.81. The summed E-state index contributed by atoms with van der Waals surface area (Å²) in [5, 5.41) is 7.21. The van der Waals surface area contributed by atoms with Crippen molar-refractivity contribution in [3.63, 3.8) is 0 Å². The van der Waals surface area contributed by atoms with E-state index in [2.05, 4.69) is 10.4 Å². The lowest BCUT2D eigenvalue weighted by Gasteiger charge is -2.23. The highest BCUT2D eigenvalue weighted by molar-refractivity contribution is 5.95. The van der Waals surface area contributed by atoms with E-state index in [1.54, 1.807) is 15.8 Å². The normalized spacial score (nSPS) is 17.8. The molecular weight excluding hydrogens is 332 g/mol. The third-order valence-electron chi connectivity index (χ3n) is 4.64. The minimum Gasteiger partial charge on any atom is -0.372 e. The van der Waals surface area contributed by atoms with E-state index in [9.17, 15) is 9.59 Å². The molecule has 1 aliphatic heterocycles. The molecule has 1 N–H and O–H groups in total. The summed E-state index contributed by atoms with van der Waals surface area (Å²) in [5.74, 6) is -0.345. The van der Waals surface area contributed by atoms with E-state index in [0.29, 0.717) is 18.7 Å². The molecule has 2 heterocycles. The average Bonchev–Trinajstić information content (AvgIpc) is 2.91. The molecule has 1 saturated heterocycles. The van der Waals surface area contributed by atoms with Crippen LogP contribution in [0, 0.1) is 6.92 Å². The van der Waals surface area contributed by atoms with E-state index in [1.165, 1.54) is 7.11 Å². The molecule has 2 amide bonds. The van der Waals surface area contributed by atoms with Crippen LogP contribution in [-0.4, -0.2) is 52.8 Å². The van der Waals surface area contributed by atoms with Gasteiger partial charge < -0.3 is 15.0 Å². The molecule has 1 fully saturated rings. The fourth-order valence-electron chi connectivity index (χ4n) is 3.17. The van der Waals surface area contributed by atoms with Gasteiger partial charge in [0.2, 0.25) is 5.91 Å². The number of rotatable bonds is 5. The minimum atomic E-state index is -0.451. The molecule has 1 unspecified atom stereocenters. The predicted octanol–water partition coefficient (Wildman–Crippen LogP) is 2.15. The van der Waals surface area contributed by atoms with Crippen molar-refractivity contribution in [1.29, 1.82) is 0 Å². The van der Waals surface area contributed by atoms with Gasteiger partial charge in [-0.1, -0.05) is 18.2 Å². The van der Waals surface area contributed by atoms with Gasteiger partial charge >= 0.3 is 0 Å². The smallest absolute Gasteiger partial charge is 0.252 e. The standard InChI is InChI=1S/C19H24N4O3/c1-14-16(12-20-23(14)15-8-4-3-5-9-15)21-18(24)13-22-11-7-6-10-17(26-2)19(22)25/h3-5,8-9,12,17H,6-7,10-11,13H2,1-2H3,(H,21,24). The van der Waals surface area contributed by atoms with Crippen LogP contribution >= 0.6 is 0 Å². The Bertz CT molecular complexity index is 772. The molecule has 7 nitrogen and oxygen atoms in total. The number of nitrogens with zero attached hydrogens (tertiary/aromatic N) is 3. The molecule has 138 valence electrons. The number of carbonyl (C=O) groups is 2. The molecule has 1 atom stereocenters. The van der Waals surface area contributed by atoms with E-state index in [4.69, 9.17) is 4.74 Å². The van der Waals surface area contributed by atoms with Crippen LogP contribution in [0.3, 0.4) is 0 Å². The van der Waals surface area contributed by atoms with Gasteiger partial charge in [-0.2, -0.15) is 5.10 Å². The first kappa shape index (κ1) is 18.1. The van der Waals surface area contributed by atoms with Gasteiger partial charge in [0.05, 0.1) is 29.8 Å². The summed E-state index contributed by atoms with van der Waals surface area (Å²) in [5.41, 5.74) is 2.40. The summed E-state index contributed by atoms with van der Waals surface area (Å²) in [6, 6.07) is 9.72. The highest BCUT2D eigenvalue weighted by Crippen LogP contribution is 2.19. The summed E-state index contributed by atoms with van der Waals surface area (Å²) in [7, 11) is 1.54. The second-order valence-corrected chi connectivity index (χ2v) is 6.42. The topological polar surface area (TPSA) is 76.5 Å². The molecule has 26 heavy (non-hydrogen) atoms. The second kappa shape index (κ2) is 8.14. The molecule has 1 aromatic carbocycles. The number of amides is 2. The highest BCUT2D eigenvalue weighted by Gasteiger charge is 2.28. The number of hydrogen-bond acceptors (Lipinski definition) is 4. The zero-order valence-corrected chi connectivity index (χ0v) is 15.1. The lowest BCUT2D eigenvalue weighted by Crippen LogP contribution is -2.43. The number of hydrogen-bond donors (Lipinski definition) is 1. The third-order valence-corrected chi connectivity index (χ3v) is 4.64. The van der Waals surface area contributed by atoms with E-state index in [1.807, 2.05) is 37.3 Å². The van der Waals surface area contributed by atoms with Crippen molar-refractivity contribution in [2.45, 2.75) is 32.3 Å². The summed E-state index contributed by atoms with van der Waals surface area (Å²) in [6.07, 6.45) is 3.68. The quantitative estimate of drug-likeness (QED) is 0.891. The van der Waals surface area contributed by atoms with Crippen LogP contribution in [0.4, 0.5) is 5.69 Å². The van der Waals surface area contributed by atoms with Crippen LogP contribution in [0.15, 0.2) is 36.5 Å². The Morgan fingerprint density at radius 2 is 2.08 bits per heavy atom. The van der Waals surface area contributed by atoms with Crippen LogP contribution in [0.2, 0.25) is 0 Å². The Morgan fingerprint density at radius 3 is 2.81 bits per heavy atom. The lowest BCUT2D eigenvalue weighted by molar-refractivity contribution is -0.143. The number of carbonyl (C=O) groups excluding carboxylic acids is 2. The number of aromatic nitrogens is 2. The molecule has 7 heteroatoms. The molecule has 3 rings (SSSR count). The Kier molecular flexibility index (Phi) is 5.68. The molecule has 0 saturated carbocycles. The maximum absolute atomic E-state index is 12.4. The van der Waals surface area contributed by atoms with Gasteiger partial charge in [-0.05, 0) is 38.3 Å². The minimum absolute atomic E-state index is 0.0225. The Labute approximate surface area is 152 Å². The zero-order chi connectivity index (χ0) is 18.5. The van der Waals surface area contributed by atoms with E-state index in [0.717, 1.165) is 24.2 Å². The number of benzene rings is 1. The summed E-state index contributed by atoms with van der Waals surface area (Å²) >= 11 is 0. The van der Waals surface area contributed by atoms with Gasteiger partial charge in [0, 0.05) is 13.7 Å². The Hall–Kier alpha value is -2.67. The SMILES string of the molecule is COC1CCCCN(CC(=O)Nc2cnn(-c3ccccc3)c2C)C1=O. The number of ether oxygens (including phenoxy) is 1. The molecular formula is C19H24N4O3. The molecule has 0 radical (unpaired) electrons. The van der Waals surface area contributed by atoms with Crippen LogP contribution in [-0.2, 0) is 14.3 Å². The van der Waals surface area contributed by atoms with Crippen LogP contribution in [0.5, 0.6) is 0 Å². The lowest BCUT2D eigenvalue weighted by atomic mass is 10.2. The van der Waals surface area contributed by atoms with Crippen LogP contribution in [0.25, 0.3) is 5.69 Å². The first-order chi connectivity index (χ1) is 12.6. The number of nitrogens with one attached hydrogen (secondary N) is 1. The van der Waals surface area contributed by atoms with E-state index < -0.39 is 6.10 Å². The number of para-hydroxylation sites is 1. The molecule has 1 aliphatic rings. The fourth-order valence-corrected chi connectivity index (χ4v) is 3.17. The van der Waals surface area contributed by atoms with Gasteiger partial charge in [-0.3, -0.25) is 9.59 Å². The molecule has 0 aliphatic carbocycles. The van der Waals surface area contributed by atoms with Crippen LogP contribution in [0.1, 0.15) is 25.0 Å². The van der Waals surface area contributed by atoms with Gasteiger partial charge in [-0.25, -0.2) is 4.68 Å². The van der Waals surface area contributed by atoms with E-state index in [-0.39, 0.29) is 18.4 Å². The first-order valence-electron chi connectivity index (χ1n) is 8.81. The number of anilines is 1. The maximum Gasteiger partial charge on any atom is 0.252 e. The number of likely N-dealkylation sites (tertiary alicyclic amines) is 1. The van der Waals surface area contributed by atoms with Crippen molar-refractivity contribution in [2.24, 2.45) is 0 Å². The second-order valence-electron chi connectivity index (χ2n) is 6.42. The van der Waals surface area contributed by atoms with E-state index >= 15 is 0 Å². The van der Waals surface area contributed by atoms with Gasteiger partial charge in [0.15, 0.2) is 0 Å². The monoisotopic (exact) mass is 356 g/mol. The molecule has 2 aromatic rings. The maximum atomic E-state index is 12.4. The van der Waals surface area contributed by atoms with Gasteiger partial charge in [0.1, 0.15) is 6.10 Å². The number of methoxy groups -OCH3 is 1. The van der Waals surface area contributed by atoms with Crippen molar-refractivity contribution in [3.8, 4) is 5.69 Å². The average molecular weight is 356 g/mol. The summed E-state index contributed by atoms with van der Waals surface area (Å²) in [4.78, 5) is 26.5. The van der Waals surface area contributed by atoms with Crippen LogP contribution < -0.4 is 5.32 Å². The highest BCUT2D eigenvalue weighted by atomic mass is 16.5. The summed E-state index contributed by atoms with van der Waals surface area (Å²) < 4.78 is 7.02. The third kappa shape index (κ3) is 3.94. The Balaban J connectivity index is 1.67. The van der Waals surface area contributed by atoms with Crippen molar-refractivity contribution in [1.82, 2.24) is 14.7 Å². The molecule has 0 spiro atoms. The van der Waals surface area contributed by atoms with Crippen molar-refractivity contribution >= 4 is 17.5 Å².